The maximum absolute atomic E-state index is 12.7. The summed E-state index contributed by atoms with van der Waals surface area (Å²) in [6.07, 6.45) is -8.77. The van der Waals surface area contributed by atoms with Gasteiger partial charge >= 0.3 is 35.4 Å². The van der Waals surface area contributed by atoms with Crippen molar-refractivity contribution in [3.63, 3.8) is 0 Å². The standard InChI is InChI=1S/C28H44N7O22P3S/c1-14(36)55-28(44,6-4-17(38)39)26(43)61-9-8-30-16(37)5-7-31-24(42)21(41)27(2,3)11-53-60(50,51)57-59(48,49)52-10-15-20(56-58(45,46)47)19(40)25(54-15)35-13-34-18-22(29)32-12-33-23(18)35/h12-13,15,19-21,25,40-41,44H,4-11H2,1-3H3,(H,30,37)(H,31,42)(H,38,39)(H,48,49)(H,50,51)(H2,29,32,33)(H2,45,46,47)/t15-,19-,20-,21+,25-,28?/m1/s1. The molecular formula is C28H44N7O22P3S. The first-order valence-corrected chi connectivity index (χ1v) is 22.8. The van der Waals surface area contributed by atoms with E-state index in [-0.39, 0.29) is 42.2 Å². The van der Waals surface area contributed by atoms with Crippen molar-refractivity contribution in [1.29, 1.82) is 0 Å². The largest absolute Gasteiger partial charge is 0.481 e. The summed E-state index contributed by atoms with van der Waals surface area (Å²) >= 11 is 0.451. The van der Waals surface area contributed by atoms with Crippen molar-refractivity contribution in [1.82, 2.24) is 30.2 Å². The molecule has 0 bridgehead atoms. The number of carbonyl (C=O) groups is 5. The molecule has 3 heterocycles. The minimum atomic E-state index is -5.62. The van der Waals surface area contributed by atoms with Gasteiger partial charge in [-0.25, -0.2) is 28.6 Å². The van der Waals surface area contributed by atoms with E-state index in [1.807, 2.05) is 0 Å². The number of thioether (sulfide) groups is 1. The third-order valence-electron chi connectivity index (χ3n) is 8.04. The molecule has 344 valence electrons. The smallest absolute Gasteiger partial charge is 0.481 e. The van der Waals surface area contributed by atoms with Crippen molar-refractivity contribution in [3.8, 4) is 0 Å². The highest BCUT2D eigenvalue weighted by molar-refractivity contribution is 8.13. The maximum atomic E-state index is 12.7. The van der Waals surface area contributed by atoms with Crippen molar-refractivity contribution in [2.45, 2.75) is 76.5 Å². The van der Waals surface area contributed by atoms with Crippen LogP contribution in [0.1, 0.15) is 46.3 Å². The van der Waals surface area contributed by atoms with Crippen LogP contribution < -0.4 is 16.4 Å². The van der Waals surface area contributed by atoms with Crippen molar-refractivity contribution >= 4 is 81.1 Å². The average Bonchev–Trinajstić information content (AvgIpc) is 3.70. The highest BCUT2D eigenvalue weighted by Gasteiger charge is 2.50. The van der Waals surface area contributed by atoms with Crippen LogP contribution in [0.4, 0.5) is 5.82 Å². The molecule has 2 amide bonds. The Hall–Kier alpha value is -3.54. The number of carboxylic acid groups (broad SMARTS) is 1. The van der Waals surface area contributed by atoms with Crippen LogP contribution >= 0.6 is 35.2 Å². The molecule has 3 unspecified atom stereocenters. The minimum absolute atomic E-state index is 0.00481. The summed E-state index contributed by atoms with van der Waals surface area (Å²) in [7, 11) is -16.5. The highest BCUT2D eigenvalue weighted by Crippen LogP contribution is 2.61. The van der Waals surface area contributed by atoms with E-state index in [1.54, 1.807) is 0 Å². The minimum Gasteiger partial charge on any atom is -0.481 e. The number of nitrogens with two attached hydrogens (primary N) is 1. The first kappa shape index (κ1) is 51.8. The Balaban J connectivity index is 1.47. The number of anilines is 1. The normalized spacial score (nSPS) is 21.7. The molecule has 29 nitrogen and oxygen atoms in total. The second-order valence-electron chi connectivity index (χ2n) is 13.5. The number of nitrogens with one attached hydrogen (secondary N) is 2. The molecule has 1 saturated heterocycles. The van der Waals surface area contributed by atoms with Gasteiger partial charge in [-0.2, -0.15) is 4.31 Å². The fourth-order valence-electron chi connectivity index (χ4n) is 5.10. The van der Waals surface area contributed by atoms with Crippen molar-refractivity contribution < 1.29 is 105 Å². The molecule has 0 saturated carbocycles. The molecule has 2 aromatic heterocycles. The van der Waals surface area contributed by atoms with E-state index >= 15 is 0 Å². The summed E-state index contributed by atoms with van der Waals surface area (Å²) < 4.78 is 66.6. The first-order chi connectivity index (χ1) is 28.1. The van der Waals surface area contributed by atoms with Gasteiger partial charge < -0.3 is 65.8 Å². The van der Waals surface area contributed by atoms with Crippen LogP contribution in [0.2, 0.25) is 0 Å². The van der Waals surface area contributed by atoms with Crippen LogP contribution in [0, 0.1) is 5.41 Å². The third kappa shape index (κ3) is 15.6. The number of rotatable bonds is 24. The summed E-state index contributed by atoms with van der Waals surface area (Å²) in [6.45, 7) is 0.653. The number of phosphoric acid groups is 3. The SMILES string of the molecule is CC(=O)OC(O)(CCC(=O)O)C(=O)SCCNC(=O)CCNC(=O)[C@H](O)C(C)(C)COP(=O)(O)OP(=O)(O)OC[C@H]1O[C@@H](n2cnc3c(N)ncnc32)[C@H](O)[C@@H]1OP(=O)(O)O. The van der Waals surface area contributed by atoms with E-state index < -0.39 is 120 Å². The molecule has 3 rings (SSSR count). The Kier molecular flexibility index (Phi) is 18.0. The van der Waals surface area contributed by atoms with E-state index in [4.69, 9.17) is 24.6 Å². The third-order valence-corrected chi connectivity index (χ3v) is 12.1. The lowest BCUT2D eigenvalue weighted by Gasteiger charge is -2.30. The van der Waals surface area contributed by atoms with Gasteiger partial charge in [0.15, 0.2) is 17.7 Å². The van der Waals surface area contributed by atoms with E-state index in [2.05, 4.69) is 39.2 Å². The number of aromatic nitrogens is 4. The summed E-state index contributed by atoms with van der Waals surface area (Å²) in [5.74, 6) is -7.02. The Morgan fingerprint density at radius 3 is 2.30 bits per heavy atom. The lowest BCUT2D eigenvalue weighted by molar-refractivity contribution is -0.205. The number of esters is 1. The van der Waals surface area contributed by atoms with Crippen molar-refractivity contribution in [3.05, 3.63) is 12.7 Å². The molecule has 0 aliphatic carbocycles. The maximum Gasteiger partial charge on any atom is 0.481 e. The molecule has 12 N–H and O–H groups in total. The summed E-state index contributed by atoms with van der Waals surface area (Å²) in [6, 6.07) is 0. The number of phosphoric ester groups is 3. The van der Waals surface area contributed by atoms with E-state index in [9.17, 15) is 72.6 Å². The van der Waals surface area contributed by atoms with Crippen LogP contribution in [-0.4, -0.2) is 151 Å². The van der Waals surface area contributed by atoms with Crippen molar-refractivity contribution in [2.24, 2.45) is 5.41 Å². The highest BCUT2D eigenvalue weighted by atomic mass is 32.2. The quantitative estimate of drug-likeness (QED) is 0.0230. The number of aliphatic hydroxyl groups is 3. The molecule has 0 radical (unpaired) electrons. The second kappa shape index (κ2) is 21.2. The number of nitrogen functional groups attached to an aromatic ring is 1. The molecule has 1 aliphatic rings. The van der Waals surface area contributed by atoms with Gasteiger partial charge in [0.25, 0.3) is 10.9 Å². The van der Waals surface area contributed by atoms with E-state index in [1.165, 1.54) is 13.8 Å². The number of fused-ring (bicyclic) bond motifs is 1. The number of aliphatic hydroxyl groups excluding tert-OH is 2. The summed E-state index contributed by atoms with van der Waals surface area (Å²) in [5.41, 5.74) is 4.12. The first-order valence-electron chi connectivity index (χ1n) is 17.3. The topological polar surface area (TPSA) is 447 Å². The molecule has 1 fully saturated rings. The van der Waals surface area contributed by atoms with Gasteiger partial charge in [0.05, 0.1) is 26.0 Å². The zero-order valence-corrected chi connectivity index (χ0v) is 35.6. The Morgan fingerprint density at radius 1 is 1.02 bits per heavy atom. The summed E-state index contributed by atoms with van der Waals surface area (Å²) in [5, 5.41) is 44.1. The Bertz CT molecular complexity index is 2070. The van der Waals surface area contributed by atoms with Crippen LogP contribution in [0.5, 0.6) is 0 Å². The van der Waals surface area contributed by atoms with E-state index in [0.717, 1.165) is 24.1 Å². The number of nitrogens with zero attached hydrogens (tertiary/aromatic N) is 4. The number of amides is 2. The Labute approximate surface area is 348 Å². The predicted molar refractivity (Wildman–Crippen MR) is 201 cm³/mol. The zero-order chi connectivity index (χ0) is 46.1. The van der Waals surface area contributed by atoms with Gasteiger partial charge in [-0.1, -0.05) is 25.6 Å². The van der Waals surface area contributed by atoms with Gasteiger partial charge in [-0.05, 0) is 0 Å². The van der Waals surface area contributed by atoms with Crippen LogP contribution in [0.3, 0.4) is 0 Å². The van der Waals surface area contributed by atoms with Gasteiger partial charge in [-0.15, -0.1) is 0 Å². The molecule has 61 heavy (non-hydrogen) atoms. The molecule has 33 heteroatoms. The zero-order valence-electron chi connectivity index (χ0n) is 32.1. The van der Waals surface area contributed by atoms with Gasteiger partial charge in [0, 0.05) is 44.0 Å². The molecular weight excluding hydrogens is 911 g/mol. The van der Waals surface area contributed by atoms with Crippen LogP contribution in [-0.2, 0) is 65.0 Å². The van der Waals surface area contributed by atoms with Gasteiger partial charge in [0.2, 0.25) is 11.8 Å². The lowest BCUT2D eigenvalue weighted by atomic mass is 9.87. The monoisotopic (exact) mass is 955 g/mol. The van der Waals surface area contributed by atoms with Crippen LogP contribution in [0.15, 0.2) is 12.7 Å². The lowest BCUT2D eigenvalue weighted by Crippen LogP contribution is -2.46. The van der Waals surface area contributed by atoms with Gasteiger partial charge in [0.1, 0.15) is 36.3 Å². The second-order valence-corrected chi connectivity index (χ2v) is 18.8. The Morgan fingerprint density at radius 2 is 1.67 bits per heavy atom. The number of hydrogen-bond acceptors (Lipinski definition) is 22. The molecule has 0 spiro atoms. The number of carbonyl (C=O) groups excluding carboxylic acids is 4. The van der Waals surface area contributed by atoms with Crippen molar-refractivity contribution in [2.75, 3.05) is 37.8 Å². The van der Waals surface area contributed by atoms with E-state index in [0.29, 0.717) is 11.8 Å². The number of hydrogen-bond donors (Lipinski definition) is 11. The summed E-state index contributed by atoms with van der Waals surface area (Å²) in [4.78, 5) is 110. The fraction of sp³-hybridized carbons (Fsp3) is 0.643. The number of aliphatic carboxylic acids is 1. The molecule has 8 atom stereocenters. The number of ether oxygens (including phenoxy) is 2. The predicted octanol–water partition coefficient (Wildman–Crippen LogP) is -2.22. The number of imidazole rings is 1. The number of carboxylic acids is 1. The molecule has 1 aliphatic heterocycles. The van der Waals surface area contributed by atoms with Gasteiger partial charge in [-0.3, -0.25) is 42.1 Å². The average molecular weight is 956 g/mol. The molecule has 2 aromatic rings. The van der Waals surface area contributed by atoms with Crippen LogP contribution in [0.25, 0.3) is 11.2 Å². The molecule has 0 aromatic carbocycles. The fourth-order valence-corrected chi connectivity index (χ4v) is 8.68.